The third-order valence-corrected chi connectivity index (χ3v) is 6.15. The fraction of sp³-hybridized carbons (Fsp3) is 0.214. The standard InChI is InChI=1S/C28H27NO6/c1-16(2)17-5-10-20(11-6-17)29-25(18-7-12-21(30)13-8-18)24(27(32)28(29)33)26(31)19-9-14-22(34-3)23(15-19)35-4/h5-16,25,30-31H,1-4H3/b26-24-. The number of rotatable bonds is 6. The first kappa shape index (κ1) is 23.9. The van der Waals surface area contributed by atoms with Crippen molar-refractivity contribution in [3.05, 3.63) is 89.0 Å². The van der Waals surface area contributed by atoms with E-state index in [1.165, 1.54) is 31.3 Å². The third kappa shape index (κ3) is 4.33. The van der Waals surface area contributed by atoms with Gasteiger partial charge in [0, 0.05) is 11.3 Å². The maximum Gasteiger partial charge on any atom is 0.300 e. The molecule has 2 N–H and O–H groups in total. The first-order valence-electron chi connectivity index (χ1n) is 11.2. The molecule has 0 spiro atoms. The number of phenols is 1. The first-order chi connectivity index (χ1) is 16.8. The Morgan fingerprint density at radius 2 is 1.51 bits per heavy atom. The molecule has 7 heteroatoms. The number of aliphatic hydroxyl groups is 1. The van der Waals surface area contributed by atoms with Gasteiger partial charge in [0.2, 0.25) is 0 Å². The Morgan fingerprint density at radius 1 is 0.886 bits per heavy atom. The Hall–Kier alpha value is -4.26. The van der Waals surface area contributed by atoms with Crippen molar-refractivity contribution in [1.82, 2.24) is 0 Å². The van der Waals surface area contributed by atoms with Crippen LogP contribution in [0.5, 0.6) is 17.2 Å². The van der Waals surface area contributed by atoms with Crippen molar-refractivity contribution in [2.75, 3.05) is 19.1 Å². The summed E-state index contributed by atoms with van der Waals surface area (Å²) in [6.07, 6.45) is 0. The van der Waals surface area contributed by atoms with E-state index in [2.05, 4.69) is 13.8 Å². The number of hydrogen-bond donors (Lipinski definition) is 2. The van der Waals surface area contributed by atoms with Crippen LogP contribution < -0.4 is 14.4 Å². The molecule has 3 aromatic rings. The molecule has 1 amide bonds. The maximum atomic E-state index is 13.3. The molecule has 1 fully saturated rings. The summed E-state index contributed by atoms with van der Waals surface area (Å²) >= 11 is 0. The summed E-state index contributed by atoms with van der Waals surface area (Å²) in [6, 6.07) is 17.5. The average molecular weight is 474 g/mol. The number of ether oxygens (including phenoxy) is 2. The highest BCUT2D eigenvalue weighted by Gasteiger charge is 2.47. The highest BCUT2D eigenvalue weighted by molar-refractivity contribution is 6.51. The van der Waals surface area contributed by atoms with E-state index in [0.29, 0.717) is 34.2 Å². The third-order valence-electron chi connectivity index (χ3n) is 6.15. The van der Waals surface area contributed by atoms with Gasteiger partial charge in [0.15, 0.2) is 11.5 Å². The van der Waals surface area contributed by atoms with Gasteiger partial charge in [-0.05, 0) is 59.5 Å². The average Bonchev–Trinajstić information content (AvgIpc) is 3.13. The van der Waals surface area contributed by atoms with Crippen molar-refractivity contribution in [2.45, 2.75) is 25.8 Å². The van der Waals surface area contributed by atoms with Gasteiger partial charge < -0.3 is 19.7 Å². The minimum Gasteiger partial charge on any atom is -0.508 e. The Kier molecular flexibility index (Phi) is 6.51. The van der Waals surface area contributed by atoms with Crippen molar-refractivity contribution in [1.29, 1.82) is 0 Å². The van der Waals surface area contributed by atoms with E-state index in [-0.39, 0.29) is 17.1 Å². The lowest BCUT2D eigenvalue weighted by molar-refractivity contribution is -0.132. The Morgan fingerprint density at radius 3 is 2.09 bits per heavy atom. The molecule has 0 radical (unpaired) electrons. The van der Waals surface area contributed by atoms with Crippen LogP contribution in [0.2, 0.25) is 0 Å². The van der Waals surface area contributed by atoms with Crippen LogP contribution in [0.15, 0.2) is 72.3 Å². The largest absolute Gasteiger partial charge is 0.508 e. The number of methoxy groups -OCH3 is 2. The fourth-order valence-corrected chi connectivity index (χ4v) is 4.23. The molecule has 4 rings (SSSR count). The molecule has 180 valence electrons. The van der Waals surface area contributed by atoms with Gasteiger partial charge in [-0.15, -0.1) is 0 Å². The second-order valence-corrected chi connectivity index (χ2v) is 8.58. The van der Waals surface area contributed by atoms with E-state index >= 15 is 0 Å². The number of carbonyl (C=O) groups is 2. The van der Waals surface area contributed by atoms with E-state index in [1.54, 1.807) is 42.5 Å². The summed E-state index contributed by atoms with van der Waals surface area (Å²) in [4.78, 5) is 28.0. The van der Waals surface area contributed by atoms with Crippen LogP contribution >= 0.6 is 0 Å². The Labute approximate surface area is 203 Å². The number of phenolic OH excluding ortho intramolecular Hbond substituents is 1. The second-order valence-electron chi connectivity index (χ2n) is 8.58. The van der Waals surface area contributed by atoms with Gasteiger partial charge in [-0.3, -0.25) is 14.5 Å². The molecule has 0 bridgehead atoms. The van der Waals surface area contributed by atoms with Gasteiger partial charge in [-0.25, -0.2) is 0 Å². The van der Waals surface area contributed by atoms with Crippen molar-refractivity contribution in [2.24, 2.45) is 0 Å². The van der Waals surface area contributed by atoms with Crippen LogP contribution in [-0.2, 0) is 9.59 Å². The molecule has 1 atom stereocenters. The normalized spacial score (nSPS) is 17.2. The zero-order valence-corrected chi connectivity index (χ0v) is 20.0. The summed E-state index contributed by atoms with van der Waals surface area (Å²) < 4.78 is 10.6. The Bertz CT molecular complexity index is 1290. The summed E-state index contributed by atoms with van der Waals surface area (Å²) in [5.74, 6) is -0.695. The lowest BCUT2D eigenvalue weighted by atomic mass is 9.94. The van der Waals surface area contributed by atoms with Gasteiger partial charge in [0.25, 0.3) is 11.7 Å². The van der Waals surface area contributed by atoms with E-state index < -0.39 is 17.7 Å². The molecular formula is C28H27NO6. The Balaban J connectivity index is 1.91. The predicted octanol–water partition coefficient (Wildman–Crippen LogP) is 5.16. The minimum absolute atomic E-state index is 0.0480. The molecule has 7 nitrogen and oxygen atoms in total. The quantitative estimate of drug-likeness (QED) is 0.292. The van der Waals surface area contributed by atoms with Crippen LogP contribution in [0.4, 0.5) is 5.69 Å². The number of nitrogens with zero attached hydrogens (tertiary/aromatic N) is 1. The number of benzene rings is 3. The van der Waals surface area contributed by atoms with Crippen LogP contribution in [0, 0.1) is 0 Å². The van der Waals surface area contributed by atoms with Crippen LogP contribution in [-0.4, -0.2) is 36.1 Å². The van der Waals surface area contributed by atoms with E-state index in [4.69, 9.17) is 9.47 Å². The molecule has 0 aromatic heterocycles. The van der Waals surface area contributed by atoms with E-state index in [9.17, 15) is 19.8 Å². The van der Waals surface area contributed by atoms with Crippen molar-refractivity contribution >= 4 is 23.1 Å². The molecule has 1 aliphatic heterocycles. The molecule has 35 heavy (non-hydrogen) atoms. The van der Waals surface area contributed by atoms with Crippen molar-refractivity contribution in [3.63, 3.8) is 0 Å². The van der Waals surface area contributed by atoms with Crippen LogP contribution in [0.25, 0.3) is 5.76 Å². The molecule has 0 aliphatic carbocycles. The van der Waals surface area contributed by atoms with E-state index in [1.807, 2.05) is 12.1 Å². The van der Waals surface area contributed by atoms with E-state index in [0.717, 1.165) is 5.56 Å². The van der Waals surface area contributed by atoms with Gasteiger partial charge in [-0.1, -0.05) is 38.1 Å². The number of aromatic hydroxyl groups is 1. The monoisotopic (exact) mass is 473 g/mol. The molecule has 0 saturated carbocycles. The van der Waals surface area contributed by atoms with Crippen LogP contribution in [0.3, 0.4) is 0 Å². The molecule has 1 unspecified atom stereocenters. The van der Waals surface area contributed by atoms with Crippen molar-refractivity contribution < 1.29 is 29.3 Å². The highest BCUT2D eigenvalue weighted by atomic mass is 16.5. The molecule has 1 aliphatic rings. The lowest BCUT2D eigenvalue weighted by Gasteiger charge is -2.26. The molecule has 1 heterocycles. The number of anilines is 1. The van der Waals surface area contributed by atoms with Gasteiger partial charge in [-0.2, -0.15) is 0 Å². The van der Waals surface area contributed by atoms with Crippen LogP contribution in [0.1, 0.15) is 42.5 Å². The number of Topliss-reactive ketones (excluding diaryl/α,β-unsaturated/α-hetero) is 1. The number of ketones is 1. The zero-order chi connectivity index (χ0) is 25.3. The molecular weight excluding hydrogens is 446 g/mol. The first-order valence-corrected chi connectivity index (χ1v) is 11.2. The zero-order valence-electron chi connectivity index (χ0n) is 20.0. The smallest absolute Gasteiger partial charge is 0.300 e. The highest BCUT2D eigenvalue weighted by Crippen LogP contribution is 2.43. The summed E-state index contributed by atoms with van der Waals surface area (Å²) in [7, 11) is 2.97. The number of carbonyl (C=O) groups excluding carboxylic acids is 2. The predicted molar refractivity (Wildman–Crippen MR) is 133 cm³/mol. The summed E-state index contributed by atoms with van der Waals surface area (Å²) in [6.45, 7) is 4.14. The fourth-order valence-electron chi connectivity index (χ4n) is 4.23. The van der Waals surface area contributed by atoms with Gasteiger partial charge in [0.05, 0.1) is 25.8 Å². The molecule has 1 saturated heterocycles. The molecule has 3 aromatic carbocycles. The van der Waals surface area contributed by atoms with Gasteiger partial charge >= 0.3 is 0 Å². The number of hydrogen-bond acceptors (Lipinski definition) is 6. The number of amides is 1. The topological polar surface area (TPSA) is 96.3 Å². The SMILES string of the molecule is COc1ccc(/C(O)=C2/C(=O)C(=O)N(c3ccc(C(C)C)cc3)C2c2ccc(O)cc2)cc1OC. The summed E-state index contributed by atoms with van der Waals surface area (Å²) in [5, 5.41) is 21.1. The van der Waals surface area contributed by atoms with Crippen molar-refractivity contribution in [3.8, 4) is 17.2 Å². The van der Waals surface area contributed by atoms with Gasteiger partial charge in [0.1, 0.15) is 11.5 Å². The second kappa shape index (κ2) is 9.54. The lowest BCUT2D eigenvalue weighted by Crippen LogP contribution is -2.29. The number of aliphatic hydroxyl groups excluding tert-OH is 1. The minimum atomic E-state index is -0.895. The summed E-state index contributed by atoms with van der Waals surface area (Å²) in [5.41, 5.74) is 2.44. The maximum absolute atomic E-state index is 13.3.